The Morgan fingerprint density at radius 3 is 2.35 bits per heavy atom. The summed E-state index contributed by atoms with van der Waals surface area (Å²) in [7, 11) is 0. The highest BCUT2D eigenvalue weighted by molar-refractivity contribution is 5.48. The normalized spacial score (nSPS) is 10.7. The summed E-state index contributed by atoms with van der Waals surface area (Å²) < 4.78 is 26.6. The summed E-state index contributed by atoms with van der Waals surface area (Å²) in [6, 6.07) is -0.0454. The van der Waals surface area contributed by atoms with Gasteiger partial charge in [-0.25, -0.2) is 13.8 Å². The van der Waals surface area contributed by atoms with Gasteiger partial charge in [0.1, 0.15) is 0 Å². The molecule has 96 valence electrons. The molecule has 17 heavy (non-hydrogen) atoms. The van der Waals surface area contributed by atoms with Crippen LogP contribution in [0.1, 0.15) is 6.92 Å². The van der Waals surface area contributed by atoms with Crippen LogP contribution in [-0.4, -0.2) is 41.0 Å². The number of pyridine rings is 1. The lowest BCUT2D eigenvalue weighted by Gasteiger charge is -2.15. The summed E-state index contributed by atoms with van der Waals surface area (Å²) in [6.07, 6.45) is 0. The molecule has 0 atom stereocenters. The van der Waals surface area contributed by atoms with Crippen molar-refractivity contribution in [1.82, 2.24) is 4.98 Å². The Hall–Kier alpha value is -1.47. The van der Waals surface area contributed by atoms with Gasteiger partial charge in [0, 0.05) is 12.6 Å². The van der Waals surface area contributed by atoms with Crippen LogP contribution >= 0.6 is 0 Å². The van der Waals surface area contributed by atoms with Crippen LogP contribution in [0.4, 0.5) is 20.4 Å². The number of aromatic nitrogens is 1. The molecule has 1 heterocycles. The number of halogens is 2. The van der Waals surface area contributed by atoms with Gasteiger partial charge in [-0.1, -0.05) is 0 Å². The molecular formula is C10H15F2N3O2. The highest BCUT2D eigenvalue weighted by Gasteiger charge is 2.14. The SMILES string of the molecule is CCNc1nc(NC(CO)CO)c(F)cc1F. The minimum Gasteiger partial charge on any atom is -0.394 e. The lowest BCUT2D eigenvalue weighted by molar-refractivity contribution is 0.203. The second-order valence-corrected chi connectivity index (χ2v) is 3.39. The molecule has 0 unspecified atom stereocenters. The van der Waals surface area contributed by atoms with E-state index in [0.29, 0.717) is 12.6 Å². The van der Waals surface area contributed by atoms with Crippen molar-refractivity contribution < 1.29 is 19.0 Å². The summed E-state index contributed by atoms with van der Waals surface area (Å²) in [4.78, 5) is 3.70. The number of anilines is 2. The molecule has 0 aliphatic rings. The van der Waals surface area contributed by atoms with E-state index >= 15 is 0 Å². The fourth-order valence-corrected chi connectivity index (χ4v) is 1.20. The molecule has 1 rings (SSSR count). The van der Waals surface area contributed by atoms with Gasteiger partial charge in [0.05, 0.1) is 19.3 Å². The molecular weight excluding hydrogens is 232 g/mol. The van der Waals surface area contributed by atoms with Gasteiger partial charge in [-0.15, -0.1) is 0 Å². The van der Waals surface area contributed by atoms with Crippen molar-refractivity contribution in [2.24, 2.45) is 0 Å². The van der Waals surface area contributed by atoms with Crippen LogP contribution in [0, 0.1) is 11.6 Å². The molecule has 0 aromatic carbocycles. The van der Waals surface area contributed by atoms with Crippen molar-refractivity contribution in [3.63, 3.8) is 0 Å². The molecule has 0 bridgehead atoms. The van der Waals surface area contributed by atoms with Crippen molar-refractivity contribution in [3.05, 3.63) is 17.7 Å². The number of hydrogen-bond donors (Lipinski definition) is 4. The Bertz CT molecular complexity index is 373. The van der Waals surface area contributed by atoms with Crippen molar-refractivity contribution >= 4 is 11.6 Å². The predicted octanol–water partition coefficient (Wildman–Crippen LogP) is 0.557. The zero-order chi connectivity index (χ0) is 12.8. The van der Waals surface area contributed by atoms with Gasteiger partial charge in [0.25, 0.3) is 0 Å². The van der Waals surface area contributed by atoms with E-state index in [1.165, 1.54) is 0 Å². The molecule has 1 aromatic rings. The molecule has 0 saturated heterocycles. The lowest BCUT2D eigenvalue weighted by atomic mass is 10.3. The zero-order valence-corrected chi connectivity index (χ0v) is 9.37. The van der Waals surface area contributed by atoms with E-state index < -0.39 is 17.7 Å². The number of hydrogen-bond acceptors (Lipinski definition) is 5. The maximum absolute atomic E-state index is 13.3. The quantitative estimate of drug-likeness (QED) is 0.591. The molecule has 0 spiro atoms. The number of nitrogens with one attached hydrogen (secondary N) is 2. The number of rotatable bonds is 6. The molecule has 4 N–H and O–H groups in total. The molecule has 0 aliphatic carbocycles. The van der Waals surface area contributed by atoms with Gasteiger partial charge in [-0.3, -0.25) is 0 Å². The first-order valence-corrected chi connectivity index (χ1v) is 5.20. The third-order valence-corrected chi connectivity index (χ3v) is 2.06. The highest BCUT2D eigenvalue weighted by atomic mass is 19.1. The van der Waals surface area contributed by atoms with Gasteiger partial charge < -0.3 is 20.8 Å². The molecule has 1 aromatic heterocycles. The Morgan fingerprint density at radius 2 is 1.82 bits per heavy atom. The van der Waals surface area contributed by atoms with Crippen molar-refractivity contribution in [3.8, 4) is 0 Å². The predicted molar refractivity (Wildman–Crippen MR) is 59.9 cm³/mol. The van der Waals surface area contributed by atoms with Crippen LogP contribution in [0.2, 0.25) is 0 Å². The molecule has 0 saturated carbocycles. The summed E-state index contributed by atoms with van der Waals surface area (Å²) in [5.41, 5.74) is 0. The Morgan fingerprint density at radius 1 is 1.24 bits per heavy atom. The molecule has 0 amide bonds. The third kappa shape index (κ3) is 3.50. The summed E-state index contributed by atoms with van der Waals surface area (Å²) in [5, 5.41) is 22.8. The Labute approximate surface area is 97.5 Å². The average molecular weight is 247 g/mol. The maximum atomic E-state index is 13.3. The van der Waals surface area contributed by atoms with Crippen LogP contribution in [0.3, 0.4) is 0 Å². The van der Waals surface area contributed by atoms with Gasteiger partial charge in [0.2, 0.25) is 0 Å². The largest absolute Gasteiger partial charge is 0.394 e. The third-order valence-electron chi connectivity index (χ3n) is 2.06. The molecule has 5 nitrogen and oxygen atoms in total. The molecule has 0 aliphatic heterocycles. The van der Waals surface area contributed by atoms with E-state index in [9.17, 15) is 8.78 Å². The Kier molecular flexibility index (Phi) is 5.05. The molecule has 0 fully saturated rings. The van der Waals surface area contributed by atoms with E-state index in [4.69, 9.17) is 10.2 Å². The standard InChI is InChI=1S/C10H15F2N3O2/c1-2-13-9-7(11)3-8(12)10(15-9)14-6(4-16)5-17/h3,6,16-17H,2,4-5H2,1H3,(H2,13,14,15). The lowest BCUT2D eigenvalue weighted by Crippen LogP contribution is -2.28. The monoisotopic (exact) mass is 247 g/mol. The smallest absolute Gasteiger partial charge is 0.168 e. The summed E-state index contributed by atoms with van der Waals surface area (Å²) >= 11 is 0. The van der Waals surface area contributed by atoms with Crippen LogP contribution in [-0.2, 0) is 0 Å². The van der Waals surface area contributed by atoms with Gasteiger partial charge >= 0.3 is 0 Å². The zero-order valence-electron chi connectivity index (χ0n) is 9.37. The average Bonchev–Trinajstić information content (AvgIpc) is 2.31. The minimum absolute atomic E-state index is 0.0778. The second kappa shape index (κ2) is 6.31. The first-order valence-electron chi connectivity index (χ1n) is 5.20. The van der Waals surface area contributed by atoms with E-state index in [1.807, 2.05) is 0 Å². The van der Waals surface area contributed by atoms with Crippen molar-refractivity contribution in [1.29, 1.82) is 0 Å². The van der Waals surface area contributed by atoms with E-state index in [-0.39, 0.29) is 24.8 Å². The van der Waals surface area contributed by atoms with Gasteiger partial charge in [0.15, 0.2) is 23.3 Å². The molecule has 7 heteroatoms. The molecule has 0 radical (unpaired) electrons. The van der Waals surface area contributed by atoms with E-state index in [0.717, 1.165) is 0 Å². The number of nitrogens with zero attached hydrogens (tertiary/aromatic N) is 1. The van der Waals surface area contributed by atoms with E-state index in [2.05, 4.69) is 15.6 Å². The first kappa shape index (κ1) is 13.6. The van der Waals surface area contributed by atoms with Gasteiger partial charge in [-0.2, -0.15) is 0 Å². The number of aliphatic hydroxyl groups excluding tert-OH is 2. The minimum atomic E-state index is -0.879. The van der Waals surface area contributed by atoms with Crippen LogP contribution in [0.15, 0.2) is 6.07 Å². The van der Waals surface area contributed by atoms with Crippen LogP contribution in [0.5, 0.6) is 0 Å². The van der Waals surface area contributed by atoms with Crippen molar-refractivity contribution in [2.45, 2.75) is 13.0 Å². The maximum Gasteiger partial charge on any atom is 0.168 e. The van der Waals surface area contributed by atoms with E-state index in [1.54, 1.807) is 6.92 Å². The van der Waals surface area contributed by atoms with Crippen LogP contribution < -0.4 is 10.6 Å². The fourth-order valence-electron chi connectivity index (χ4n) is 1.20. The Balaban J connectivity index is 2.94. The first-order chi connectivity index (χ1) is 8.12. The second-order valence-electron chi connectivity index (χ2n) is 3.39. The summed E-state index contributed by atoms with van der Waals surface area (Å²) in [5.74, 6) is -1.96. The topological polar surface area (TPSA) is 77.4 Å². The number of aliphatic hydroxyl groups is 2. The van der Waals surface area contributed by atoms with Crippen molar-refractivity contribution in [2.75, 3.05) is 30.4 Å². The summed E-state index contributed by atoms with van der Waals surface area (Å²) in [6.45, 7) is 1.43. The van der Waals surface area contributed by atoms with Gasteiger partial charge in [-0.05, 0) is 6.92 Å². The van der Waals surface area contributed by atoms with Crippen LogP contribution in [0.25, 0.3) is 0 Å². The highest BCUT2D eigenvalue weighted by Crippen LogP contribution is 2.19. The fraction of sp³-hybridized carbons (Fsp3) is 0.500.